The van der Waals surface area contributed by atoms with E-state index in [1.807, 2.05) is 0 Å². The molecule has 1 N–H and O–H groups in total. The van der Waals surface area contributed by atoms with Gasteiger partial charge in [-0.3, -0.25) is 0 Å². The lowest BCUT2D eigenvalue weighted by atomic mass is 10.1. The van der Waals surface area contributed by atoms with Crippen LogP contribution < -0.4 is 0 Å². The zero-order valence-electron chi connectivity index (χ0n) is 10.7. The average Bonchev–Trinajstić information content (AvgIpc) is 2.82. The summed E-state index contributed by atoms with van der Waals surface area (Å²) in [6, 6.07) is 1.17. The quantitative estimate of drug-likeness (QED) is 0.846. The predicted molar refractivity (Wildman–Crippen MR) is 60.5 cm³/mol. The Morgan fingerprint density at radius 1 is 1.04 bits per heavy atom. The lowest BCUT2D eigenvalue weighted by Gasteiger charge is -2.14. The van der Waals surface area contributed by atoms with Crippen molar-refractivity contribution >= 4 is 5.97 Å². The van der Waals surface area contributed by atoms with Crippen molar-refractivity contribution in [1.29, 1.82) is 0 Å². The van der Waals surface area contributed by atoms with E-state index in [4.69, 9.17) is 5.11 Å². The third kappa shape index (κ3) is 3.27. The van der Waals surface area contributed by atoms with Crippen LogP contribution in [-0.2, 0) is 12.4 Å². The first kappa shape index (κ1) is 16.8. The first-order valence-corrected chi connectivity index (χ1v) is 5.69. The monoisotopic (exact) mass is 342 g/mol. The van der Waals surface area contributed by atoms with Crippen molar-refractivity contribution in [3.05, 3.63) is 47.0 Å². The molecule has 11 heteroatoms. The summed E-state index contributed by atoms with van der Waals surface area (Å²) < 4.78 is 89.5. The van der Waals surface area contributed by atoms with E-state index in [0.29, 0.717) is 12.1 Å². The molecule has 0 radical (unpaired) electrons. The van der Waals surface area contributed by atoms with Gasteiger partial charge in [0.05, 0.1) is 11.3 Å². The molecule has 2 aromatic rings. The highest BCUT2D eigenvalue weighted by molar-refractivity contribution is 5.86. The van der Waals surface area contributed by atoms with Gasteiger partial charge >= 0.3 is 18.3 Å². The number of nitrogens with zero attached hydrogens (tertiary/aromatic N) is 2. The van der Waals surface area contributed by atoms with Crippen LogP contribution in [0.5, 0.6) is 0 Å². The van der Waals surface area contributed by atoms with Crippen LogP contribution in [0.1, 0.15) is 21.7 Å². The van der Waals surface area contributed by atoms with Gasteiger partial charge in [0.25, 0.3) is 0 Å². The van der Waals surface area contributed by atoms with Crippen molar-refractivity contribution in [3.8, 4) is 5.69 Å². The van der Waals surface area contributed by atoms with E-state index < -0.39 is 46.8 Å². The maximum absolute atomic E-state index is 13.0. The highest BCUT2D eigenvalue weighted by Crippen LogP contribution is 2.36. The van der Waals surface area contributed by atoms with Crippen LogP contribution in [0, 0.1) is 5.82 Å². The average molecular weight is 342 g/mol. The molecular formula is C12H5F7N2O2. The summed E-state index contributed by atoms with van der Waals surface area (Å²) in [4.78, 5) is 11.0. The van der Waals surface area contributed by atoms with Crippen LogP contribution >= 0.6 is 0 Å². The van der Waals surface area contributed by atoms with E-state index >= 15 is 0 Å². The van der Waals surface area contributed by atoms with Crippen molar-refractivity contribution in [2.75, 3.05) is 0 Å². The Labute approximate surface area is 122 Å². The van der Waals surface area contributed by atoms with E-state index in [1.165, 1.54) is 0 Å². The summed E-state index contributed by atoms with van der Waals surface area (Å²) >= 11 is 0. The molecule has 0 unspecified atom stereocenters. The molecule has 0 fully saturated rings. The molecule has 0 bridgehead atoms. The van der Waals surface area contributed by atoms with E-state index in [1.54, 1.807) is 0 Å². The molecular weight excluding hydrogens is 337 g/mol. The van der Waals surface area contributed by atoms with Crippen LogP contribution in [0.4, 0.5) is 30.7 Å². The summed E-state index contributed by atoms with van der Waals surface area (Å²) in [5.41, 5.74) is -5.52. The van der Waals surface area contributed by atoms with Crippen LogP contribution in [-0.4, -0.2) is 20.9 Å². The summed E-state index contributed by atoms with van der Waals surface area (Å²) in [5, 5.41) is 11.7. The molecule has 23 heavy (non-hydrogen) atoms. The van der Waals surface area contributed by atoms with Crippen molar-refractivity contribution in [1.82, 2.24) is 9.78 Å². The van der Waals surface area contributed by atoms with E-state index in [2.05, 4.69) is 5.10 Å². The molecule has 1 heterocycles. The first-order valence-electron chi connectivity index (χ1n) is 5.69. The largest absolute Gasteiger partial charge is 0.477 e. The van der Waals surface area contributed by atoms with Gasteiger partial charge in [0.15, 0.2) is 11.4 Å². The number of benzene rings is 1. The molecule has 0 saturated heterocycles. The molecule has 124 valence electrons. The number of aromatic carboxylic acids is 1. The molecule has 2 rings (SSSR count). The number of hydrogen-bond donors (Lipinski definition) is 1. The fourth-order valence-electron chi connectivity index (χ4n) is 1.78. The summed E-state index contributed by atoms with van der Waals surface area (Å²) in [7, 11) is 0. The lowest BCUT2D eigenvalue weighted by molar-refractivity contribution is -0.141. The number of carboxylic acids is 1. The van der Waals surface area contributed by atoms with E-state index in [9.17, 15) is 35.5 Å². The van der Waals surface area contributed by atoms with E-state index in [-0.39, 0.29) is 16.8 Å². The number of aromatic nitrogens is 2. The maximum atomic E-state index is 13.0. The van der Waals surface area contributed by atoms with Gasteiger partial charge in [0.1, 0.15) is 5.82 Å². The molecule has 0 saturated carbocycles. The standard InChI is InChI=1S/C12H5F7N2O2/c13-5-1-2-7(6(3-5)11(14,15)16)21-8(10(22)23)4-9(20-21)12(17,18)19/h1-4H,(H,22,23). The smallest absolute Gasteiger partial charge is 0.435 e. The van der Waals surface area contributed by atoms with Crippen LogP contribution in [0.2, 0.25) is 0 Å². The topological polar surface area (TPSA) is 55.1 Å². The maximum Gasteiger partial charge on any atom is 0.435 e. The summed E-state index contributed by atoms with van der Waals surface area (Å²) in [6.45, 7) is 0. The van der Waals surface area contributed by atoms with E-state index in [0.717, 1.165) is 0 Å². The second kappa shape index (κ2) is 5.25. The Balaban J connectivity index is 2.77. The SMILES string of the molecule is O=C(O)c1cc(C(F)(F)F)nn1-c1ccc(F)cc1C(F)(F)F. The van der Waals surface area contributed by atoms with Gasteiger partial charge in [0, 0.05) is 6.07 Å². The van der Waals surface area contributed by atoms with Crippen molar-refractivity contribution in [2.24, 2.45) is 0 Å². The molecule has 0 aliphatic carbocycles. The third-order valence-electron chi connectivity index (χ3n) is 2.71. The first-order chi connectivity index (χ1) is 10.4. The Morgan fingerprint density at radius 3 is 2.13 bits per heavy atom. The van der Waals surface area contributed by atoms with Gasteiger partial charge in [-0.2, -0.15) is 31.4 Å². The minimum Gasteiger partial charge on any atom is -0.477 e. The van der Waals surface area contributed by atoms with Gasteiger partial charge < -0.3 is 5.11 Å². The van der Waals surface area contributed by atoms with Gasteiger partial charge in [-0.25, -0.2) is 13.9 Å². The molecule has 1 aromatic carbocycles. The molecule has 0 aliphatic heterocycles. The number of hydrogen-bond acceptors (Lipinski definition) is 2. The van der Waals surface area contributed by atoms with Crippen molar-refractivity contribution < 1.29 is 40.6 Å². The molecule has 0 amide bonds. The Kier molecular flexibility index (Phi) is 3.83. The van der Waals surface area contributed by atoms with Crippen LogP contribution in [0.15, 0.2) is 24.3 Å². The number of alkyl halides is 6. The number of carboxylic acid groups (broad SMARTS) is 1. The molecule has 0 spiro atoms. The second-order valence-electron chi connectivity index (χ2n) is 4.29. The van der Waals surface area contributed by atoms with Gasteiger partial charge in [-0.05, 0) is 18.2 Å². The lowest BCUT2D eigenvalue weighted by Crippen LogP contribution is -2.16. The molecule has 4 nitrogen and oxygen atoms in total. The minimum atomic E-state index is -5.13. The Bertz CT molecular complexity index is 762. The van der Waals surface area contributed by atoms with Crippen LogP contribution in [0.25, 0.3) is 5.69 Å². The van der Waals surface area contributed by atoms with Gasteiger partial charge in [-0.15, -0.1) is 0 Å². The highest BCUT2D eigenvalue weighted by Gasteiger charge is 2.39. The van der Waals surface area contributed by atoms with Gasteiger partial charge in [0.2, 0.25) is 0 Å². The molecule has 0 aliphatic rings. The molecule has 1 aromatic heterocycles. The summed E-state index contributed by atoms with van der Waals surface area (Å²) in [6.07, 6.45) is -10.2. The number of rotatable bonds is 2. The Hall–Kier alpha value is -2.59. The fourth-order valence-corrected chi connectivity index (χ4v) is 1.78. The van der Waals surface area contributed by atoms with Crippen molar-refractivity contribution in [2.45, 2.75) is 12.4 Å². The van der Waals surface area contributed by atoms with Crippen LogP contribution in [0.3, 0.4) is 0 Å². The number of halogens is 7. The second-order valence-corrected chi connectivity index (χ2v) is 4.29. The van der Waals surface area contributed by atoms with Crippen molar-refractivity contribution in [3.63, 3.8) is 0 Å². The highest BCUT2D eigenvalue weighted by atomic mass is 19.4. The number of carbonyl (C=O) groups is 1. The zero-order valence-corrected chi connectivity index (χ0v) is 10.7. The Morgan fingerprint density at radius 2 is 1.65 bits per heavy atom. The normalized spacial score (nSPS) is 12.5. The summed E-state index contributed by atoms with van der Waals surface area (Å²) in [5.74, 6) is -3.22. The minimum absolute atomic E-state index is 0.0343. The zero-order chi connectivity index (χ0) is 17.6. The third-order valence-corrected chi connectivity index (χ3v) is 2.71. The molecule has 0 atom stereocenters. The predicted octanol–water partition coefficient (Wildman–Crippen LogP) is 3.75. The van der Waals surface area contributed by atoms with Gasteiger partial charge in [-0.1, -0.05) is 0 Å². The fraction of sp³-hybridized carbons (Fsp3) is 0.167.